The molecule has 1 saturated heterocycles. The van der Waals surface area contributed by atoms with Gasteiger partial charge in [0.1, 0.15) is 17.2 Å². The summed E-state index contributed by atoms with van der Waals surface area (Å²) in [6.45, 7) is 2.85. The number of aromatic nitrogens is 4. The highest BCUT2D eigenvalue weighted by Crippen LogP contribution is 2.35. The molecule has 0 spiro atoms. The van der Waals surface area contributed by atoms with E-state index in [-0.39, 0.29) is 42.0 Å². The Morgan fingerprint density at radius 3 is 2.75 bits per heavy atom. The maximum Gasteiger partial charge on any atom is 0.270 e. The fourth-order valence-electron chi connectivity index (χ4n) is 4.48. The van der Waals surface area contributed by atoms with E-state index in [1.54, 1.807) is 25.2 Å². The number of anilines is 3. The van der Waals surface area contributed by atoms with Gasteiger partial charge in [0.2, 0.25) is 5.95 Å². The van der Waals surface area contributed by atoms with Crippen LogP contribution in [0.5, 0.6) is 0 Å². The third kappa shape index (κ3) is 4.00. The molecule has 3 aromatic rings. The van der Waals surface area contributed by atoms with Crippen LogP contribution >= 0.6 is 0 Å². The van der Waals surface area contributed by atoms with Crippen LogP contribution in [0.1, 0.15) is 46.3 Å². The predicted molar refractivity (Wildman–Crippen MR) is 126 cm³/mol. The number of rotatable bonds is 5. The maximum atomic E-state index is 12.9. The van der Waals surface area contributed by atoms with Gasteiger partial charge in [0.15, 0.2) is 0 Å². The number of fused-ring (bicyclic) bond motifs is 1. The Balaban J connectivity index is 1.52. The molecule has 5 rings (SSSR count). The topological polar surface area (TPSA) is 91.2 Å². The average molecular weight is 438 g/mol. The van der Waals surface area contributed by atoms with Gasteiger partial charge in [-0.3, -0.25) is 4.79 Å². The number of hydrogen-bond acceptors (Lipinski definition) is 7. The van der Waals surface area contributed by atoms with Crippen molar-refractivity contribution in [1.82, 2.24) is 29.7 Å². The molecule has 9 heteroatoms. The molecule has 2 aliphatic rings. The Hall–Kier alpha value is -3.20. The summed E-state index contributed by atoms with van der Waals surface area (Å²) in [5, 5.41) is 6.97. The summed E-state index contributed by atoms with van der Waals surface area (Å²) in [5.41, 5.74) is 1.62. The first-order valence-corrected chi connectivity index (χ1v) is 11.1. The minimum atomic E-state index is -0.104. The predicted octanol–water partition coefficient (Wildman–Crippen LogP) is 2.80. The molecule has 3 aromatic heterocycles. The second-order valence-electron chi connectivity index (χ2n) is 8.54. The van der Waals surface area contributed by atoms with Crippen LogP contribution in [-0.2, 0) is 0 Å². The van der Waals surface area contributed by atoms with Crippen molar-refractivity contribution in [3.63, 3.8) is 0 Å². The lowest BCUT2D eigenvalue weighted by molar-refractivity contribution is 0.0815. The first-order chi connectivity index (χ1) is 16.8. The van der Waals surface area contributed by atoms with Crippen LogP contribution in [0.2, 0.25) is 0 Å². The molecule has 0 radical (unpaired) electrons. The van der Waals surface area contributed by atoms with Gasteiger partial charge in [-0.25, -0.2) is 9.97 Å². The van der Waals surface area contributed by atoms with Crippen molar-refractivity contribution in [1.29, 1.82) is 0 Å². The summed E-state index contributed by atoms with van der Waals surface area (Å²) in [5.74, 6) is 0.205. The zero-order chi connectivity index (χ0) is 24.7. The number of carbonyl (C=O) groups is 1. The quantitative estimate of drug-likeness (QED) is 0.634. The lowest BCUT2D eigenvalue weighted by atomic mass is 10.2. The zero-order valence-corrected chi connectivity index (χ0v) is 18.5. The number of hydrogen-bond donors (Lipinski definition) is 2. The Kier molecular flexibility index (Phi) is 4.74. The lowest BCUT2D eigenvalue weighted by Crippen LogP contribution is -2.43. The summed E-state index contributed by atoms with van der Waals surface area (Å²) >= 11 is 0. The highest BCUT2D eigenvalue weighted by Gasteiger charge is 2.26. The average Bonchev–Trinajstić information content (AvgIpc) is 3.50. The van der Waals surface area contributed by atoms with Crippen molar-refractivity contribution in [3.8, 4) is 0 Å². The molecule has 168 valence electrons. The highest BCUT2D eigenvalue weighted by atomic mass is 16.2. The van der Waals surface area contributed by atoms with Crippen molar-refractivity contribution in [3.05, 3.63) is 36.2 Å². The summed E-state index contributed by atoms with van der Waals surface area (Å²) < 4.78 is 27.4. The van der Waals surface area contributed by atoms with E-state index in [9.17, 15) is 4.79 Å². The van der Waals surface area contributed by atoms with E-state index in [4.69, 9.17) is 9.10 Å². The van der Waals surface area contributed by atoms with Gasteiger partial charge in [-0.2, -0.15) is 4.98 Å². The van der Waals surface area contributed by atoms with Crippen LogP contribution in [0.3, 0.4) is 0 Å². The molecular formula is C23H30N8O. The molecule has 2 N–H and O–H groups in total. The van der Waals surface area contributed by atoms with Crippen molar-refractivity contribution < 1.29 is 8.91 Å². The molecule has 2 fully saturated rings. The van der Waals surface area contributed by atoms with E-state index < -0.39 is 0 Å². The second-order valence-corrected chi connectivity index (χ2v) is 8.54. The van der Waals surface area contributed by atoms with Crippen molar-refractivity contribution in [2.75, 3.05) is 50.5 Å². The third-order valence-electron chi connectivity index (χ3n) is 6.13. The van der Waals surface area contributed by atoms with Crippen LogP contribution in [0, 0.1) is 0 Å². The normalized spacial score (nSPS) is 18.4. The van der Waals surface area contributed by atoms with E-state index in [1.165, 1.54) is 0 Å². The van der Waals surface area contributed by atoms with E-state index >= 15 is 0 Å². The SMILES string of the molecule is [2H]c1nc(Nc2ncc3cc(C(=O)N(C)C)n(C4CCCC4)c3n2)c([2H])c([2H])c1N1CCNCC1. The molecule has 0 unspecified atom stereocenters. The smallest absolute Gasteiger partial charge is 0.270 e. The molecule has 4 heterocycles. The molecule has 0 bridgehead atoms. The Bertz CT molecular complexity index is 1270. The van der Waals surface area contributed by atoms with Gasteiger partial charge in [-0.15, -0.1) is 0 Å². The largest absolute Gasteiger partial charge is 0.368 e. The van der Waals surface area contributed by atoms with E-state index in [0.717, 1.165) is 44.2 Å². The Labute approximate surface area is 192 Å². The first-order valence-electron chi connectivity index (χ1n) is 12.6. The number of piperazine rings is 1. The molecule has 1 aliphatic carbocycles. The summed E-state index contributed by atoms with van der Waals surface area (Å²) in [7, 11) is 3.47. The van der Waals surface area contributed by atoms with Crippen molar-refractivity contribution in [2.45, 2.75) is 31.7 Å². The fourth-order valence-corrected chi connectivity index (χ4v) is 4.48. The van der Waals surface area contributed by atoms with Crippen LogP contribution in [0.15, 0.2) is 30.5 Å². The van der Waals surface area contributed by atoms with Gasteiger partial charge in [0.05, 0.1) is 16.0 Å². The number of nitrogens with zero attached hydrogens (tertiary/aromatic N) is 6. The van der Waals surface area contributed by atoms with Gasteiger partial charge in [0.25, 0.3) is 5.91 Å². The molecule has 0 aromatic carbocycles. The lowest BCUT2D eigenvalue weighted by Gasteiger charge is -2.29. The van der Waals surface area contributed by atoms with Gasteiger partial charge in [0, 0.05) is 57.9 Å². The van der Waals surface area contributed by atoms with Crippen molar-refractivity contribution >= 4 is 34.4 Å². The summed E-state index contributed by atoms with van der Waals surface area (Å²) in [4.78, 5) is 29.7. The molecule has 9 nitrogen and oxygen atoms in total. The monoisotopic (exact) mass is 437 g/mol. The minimum absolute atomic E-state index is 0.0383. The van der Waals surface area contributed by atoms with Gasteiger partial charge in [-0.05, 0) is 31.0 Å². The number of carbonyl (C=O) groups excluding carboxylic acids is 1. The van der Waals surface area contributed by atoms with Gasteiger partial charge < -0.3 is 25.0 Å². The maximum absolute atomic E-state index is 12.9. The van der Waals surface area contributed by atoms with E-state index in [0.29, 0.717) is 30.1 Å². The van der Waals surface area contributed by atoms with Gasteiger partial charge >= 0.3 is 0 Å². The third-order valence-corrected chi connectivity index (χ3v) is 6.13. The summed E-state index contributed by atoms with van der Waals surface area (Å²) in [6, 6.07) is 1.88. The zero-order valence-electron chi connectivity index (χ0n) is 21.5. The number of nitrogens with one attached hydrogen (secondary N) is 2. The molecule has 0 atom stereocenters. The van der Waals surface area contributed by atoms with E-state index in [1.807, 2.05) is 15.5 Å². The molecule has 32 heavy (non-hydrogen) atoms. The van der Waals surface area contributed by atoms with Crippen LogP contribution in [-0.4, -0.2) is 70.6 Å². The fraction of sp³-hybridized carbons (Fsp3) is 0.478. The van der Waals surface area contributed by atoms with Gasteiger partial charge in [-0.1, -0.05) is 12.8 Å². The molecule has 1 saturated carbocycles. The number of pyridine rings is 1. The standard InChI is InChI=1S/C23H30N8O/c1-29(2)22(32)19-13-16-14-26-23(28-21(16)31(19)17-5-3-4-6-17)27-20-8-7-18(15-25-20)30-11-9-24-10-12-30/h7-8,13-15,17,24H,3-6,9-12H2,1-2H3,(H,25,26,27,28)/i7D,8D,15D. The number of amides is 1. The first kappa shape index (κ1) is 17.4. The van der Waals surface area contributed by atoms with Crippen LogP contribution < -0.4 is 15.5 Å². The molecular weight excluding hydrogens is 404 g/mol. The second kappa shape index (κ2) is 8.74. The van der Waals surface area contributed by atoms with Crippen LogP contribution in [0.25, 0.3) is 11.0 Å². The van der Waals surface area contributed by atoms with E-state index in [2.05, 4.69) is 20.6 Å². The Morgan fingerprint density at radius 2 is 2.00 bits per heavy atom. The molecule has 1 aliphatic heterocycles. The van der Waals surface area contributed by atoms with Crippen molar-refractivity contribution in [2.24, 2.45) is 0 Å². The minimum Gasteiger partial charge on any atom is -0.368 e. The van der Waals surface area contributed by atoms with Crippen LogP contribution in [0.4, 0.5) is 17.5 Å². The highest BCUT2D eigenvalue weighted by molar-refractivity contribution is 5.97. The summed E-state index contributed by atoms with van der Waals surface area (Å²) in [6.07, 6.45) is 5.80. The Morgan fingerprint density at radius 1 is 1.22 bits per heavy atom. The molecule has 1 amide bonds.